The van der Waals surface area contributed by atoms with E-state index in [1.165, 1.54) is 4.31 Å². The van der Waals surface area contributed by atoms with Crippen LogP contribution in [0.5, 0.6) is 0 Å². The molecule has 1 aromatic carbocycles. The summed E-state index contributed by atoms with van der Waals surface area (Å²) in [4.78, 5) is 17.8. The van der Waals surface area contributed by atoms with Gasteiger partial charge in [0.05, 0.1) is 5.75 Å². The van der Waals surface area contributed by atoms with Crippen LogP contribution < -0.4 is 10.6 Å². The second-order valence-corrected chi connectivity index (χ2v) is 9.02. The predicted molar refractivity (Wildman–Crippen MR) is 130 cm³/mol. The average Bonchev–Trinajstić information content (AvgIpc) is 2.68. The number of hydrogen-bond donors (Lipinski definition) is 2. The summed E-state index contributed by atoms with van der Waals surface area (Å²) >= 11 is 0. The molecule has 0 spiro atoms. The molecular formula is C19H34IN5O3S. The van der Waals surface area contributed by atoms with E-state index in [0.29, 0.717) is 37.6 Å². The highest BCUT2D eigenvalue weighted by molar-refractivity contribution is 14.0. The number of carbonyl (C=O) groups excluding carboxylic acids is 1. The summed E-state index contributed by atoms with van der Waals surface area (Å²) < 4.78 is 24.8. The van der Waals surface area contributed by atoms with Crippen molar-refractivity contribution in [1.82, 2.24) is 19.8 Å². The van der Waals surface area contributed by atoms with Crippen molar-refractivity contribution in [3.8, 4) is 0 Å². The SMILES string of the molecule is CCS(=O)(=O)N(C)CCCNC(=NC)NCCc1cccc(C(=O)N(C)C)c1.I. The molecule has 1 amide bonds. The number of guanidine groups is 1. The quantitative estimate of drug-likeness (QED) is 0.203. The number of sulfonamides is 1. The first-order valence-electron chi connectivity index (χ1n) is 9.40. The molecule has 0 unspecified atom stereocenters. The molecule has 0 fully saturated rings. The summed E-state index contributed by atoms with van der Waals surface area (Å²) in [5.74, 6) is 0.769. The minimum Gasteiger partial charge on any atom is -0.356 e. The number of rotatable bonds is 10. The molecule has 8 nitrogen and oxygen atoms in total. The maximum Gasteiger partial charge on any atom is 0.253 e. The van der Waals surface area contributed by atoms with Gasteiger partial charge in [0.15, 0.2) is 5.96 Å². The van der Waals surface area contributed by atoms with E-state index in [1.54, 1.807) is 40.0 Å². The molecule has 0 heterocycles. The molecule has 0 radical (unpaired) electrons. The van der Waals surface area contributed by atoms with Crippen LogP contribution in [0.15, 0.2) is 29.3 Å². The van der Waals surface area contributed by atoms with Gasteiger partial charge in [-0.05, 0) is 37.5 Å². The third kappa shape index (κ3) is 9.77. The van der Waals surface area contributed by atoms with Crippen molar-refractivity contribution in [3.63, 3.8) is 0 Å². The minimum absolute atomic E-state index is 0. The van der Waals surface area contributed by atoms with Crippen molar-refractivity contribution in [2.45, 2.75) is 19.8 Å². The van der Waals surface area contributed by atoms with Crippen LogP contribution in [-0.2, 0) is 16.4 Å². The number of benzene rings is 1. The van der Waals surface area contributed by atoms with Crippen molar-refractivity contribution in [2.24, 2.45) is 4.99 Å². The van der Waals surface area contributed by atoms with Gasteiger partial charge in [-0.1, -0.05) is 12.1 Å². The molecule has 0 aliphatic rings. The zero-order chi connectivity index (χ0) is 21.2. The summed E-state index contributed by atoms with van der Waals surface area (Å²) in [7, 11) is 3.64. The third-order valence-electron chi connectivity index (χ3n) is 4.29. The van der Waals surface area contributed by atoms with Crippen molar-refractivity contribution >= 4 is 45.9 Å². The molecule has 0 aliphatic heterocycles. The van der Waals surface area contributed by atoms with E-state index in [4.69, 9.17) is 0 Å². The molecule has 0 aliphatic carbocycles. The number of amides is 1. The Morgan fingerprint density at radius 3 is 2.38 bits per heavy atom. The molecule has 10 heteroatoms. The molecule has 1 rings (SSSR count). The monoisotopic (exact) mass is 539 g/mol. The van der Waals surface area contributed by atoms with E-state index in [1.807, 2.05) is 24.3 Å². The van der Waals surface area contributed by atoms with Crippen LogP contribution in [0.3, 0.4) is 0 Å². The number of hydrogen-bond acceptors (Lipinski definition) is 4. The highest BCUT2D eigenvalue weighted by Gasteiger charge is 2.14. The Bertz CT molecular complexity index is 769. The topological polar surface area (TPSA) is 94.1 Å². The predicted octanol–water partition coefficient (Wildman–Crippen LogP) is 1.39. The first-order chi connectivity index (χ1) is 13.2. The van der Waals surface area contributed by atoms with Gasteiger partial charge in [-0.25, -0.2) is 12.7 Å². The van der Waals surface area contributed by atoms with E-state index in [9.17, 15) is 13.2 Å². The zero-order valence-electron chi connectivity index (χ0n) is 17.9. The minimum atomic E-state index is -3.13. The van der Waals surface area contributed by atoms with Gasteiger partial charge >= 0.3 is 0 Å². The average molecular weight is 539 g/mol. The fourth-order valence-electron chi connectivity index (χ4n) is 2.53. The first-order valence-corrected chi connectivity index (χ1v) is 11.0. The van der Waals surface area contributed by atoms with Crippen LogP contribution in [0.2, 0.25) is 0 Å². The van der Waals surface area contributed by atoms with E-state index in [-0.39, 0.29) is 35.6 Å². The Kier molecular flexibility index (Phi) is 13.1. The normalized spacial score (nSPS) is 11.7. The largest absolute Gasteiger partial charge is 0.356 e. The van der Waals surface area contributed by atoms with Gasteiger partial charge in [-0.15, -0.1) is 24.0 Å². The van der Waals surface area contributed by atoms with Crippen molar-refractivity contribution < 1.29 is 13.2 Å². The van der Waals surface area contributed by atoms with Crippen LogP contribution in [0.25, 0.3) is 0 Å². The molecule has 0 atom stereocenters. The van der Waals surface area contributed by atoms with Crippen LogP contribution in [0.1, 0.15) is 29.3 Å². The lowest BCUT2D eigenvalue weighted by molar-refractivity contribution is 0.0827. The van der Waals surface area contributed by atoms with Crippen LogP contribution in [0, 0.1) is 0 Å². The summed E-state index contributed by atoms with van der Waals surface area (Å²) in [6.07, 6.45) is 1.44. The molecule has 0 bridgehead atoms. The Balaban J connectivity index is 0.00000784. The fourth-order valence-corrected chi connectivity index (χ4v) is 3.38. The zero-order valence-corrected chi connectivity index (χ0v) is 21.1. The van der Waals surface area contributed by atoms with E-state index >= 15 is 0 Å². The lowest BCUT2D eigenvalue weighted by atomic mass is 10.1. The second kappa shape index (κ2) is 13.8. The van der Waals surface area contributed by atoms with Gasteiger partial charge in [0.25, 0.3) is 5.91 Å². The van der Waals surface area contributed by atoms with Crippen molar-refractivity contribution in [1.29, 1.82) is 0 Å². The molecule has 1 aromatic rings. The summed E-state index contributed by atoms with van der Waals surface area (Å²) in [6.45, 7) is 3.40. The number of aliphatic imine (C=N–C) groups is 1. The molecule has 0 saturated heterocycles. The van der Waals surface area contributed by atoms with Crippen LogP contribution >= 0.6 is 24.0 Å². The van der Waals surface area contributed by atoms with E-state index < -0.39 is 10.0 Å². The van der Waals surface area contributed by atoms with Gasteiger partial charge in [0.2, 0.25) is 10.0 Å². The Morgan fingerprint density at radius 2 is 1.79 bits per heavy atom. The van der Waals surface area contributed by atoms with Gasteiger partial charge in [0.1, 0.15) is 0 Å². The van der Waals surface area contributed by atoms with Crippen molar-refractivity contribution in [3.05, 3.63) is 35.4 Å². The Hall–Kier alpha value is -1.40. The number of carbonyl (C=O) groups is 1. The number of nitrogens with one attached hydrogen (secondary N) is 2. The molecule has 2 N–H and O–H groups in total. The number of nitrogens with zero attached hydrogens (tertiary/aromatic N) is 3. The van der Waals surface area contributed by atoms with Crippen LogP contribution in [0.4, 0.5) is 0 Å². The first kappa shape index (κ1) is 27.6. The Labute approximate surface area is 192 Å². The third-order valence-corrected chi connectivity index (χ3v) is 6.15. The number of halogens is 1. The van der Waals surface area contributed by atoms with Gasteiger partial charge in [-0.2, -0.15) is 0 Å². The highest BCUT2D eigenvalue weighted by Crippen LogP contribution is 2.07. The molecule has 29 heavy (non-hydrogen) atoms. The lowest BCUT2D eigenvalue weighted by Crippen LogP contribution is -2.40. The summed E-state index contributed by atoms with van der Waals surface area (Å²) in [5.41, 5.74) is 1.75. The maximum absolute atomic E-state index is 12.0. The van der Waals surface area contributed by atoms with Gasteiger partial charge in [0, 0.05) is 53.4 Å². The van der Waals surface area contributed by atoms with Crippen LogP contribution in [-0.4, -0.2) is 83.1 Å². The van der Waals surface area contributed by atoms with E-state index in [2.05, 4.69) is 15.6 Å². The Morgan fingerprint density at radius 1 is 1.14 bits per heavy atom. The fraction of sp³-hybridized carbons (Fsp3) is 0.579. The highest BCUT2D eigenvalue weighted by atomic mass is 127. The maximum atomic E-state index is 12.0. The standard InChI is InChI=1S/C19H33N5O3S.HI/c1-6-28(26,27)24(5)14-8-12-21-19(20-2)22-13-11-16-9-7-10-17(15-16)18(25)23(3)4;/h7,9-10,15H,6,8,11-14H2,1-5H3,(H2,20,21,22);1H. The van der Waals surface area contributed by atoms with E-state index in [0.717, 1.165) is 12.0 Å². The van der Waals surface area contributed by atoms with Crippen molar-refractivity contribution in [2.75, 3.05) is 53.6 Å². The summed E-state index contributed by atoms with van der Waals surface area (Å²) in [5, 5.41) is 6.41. The molecule has 0 saturated carbocycles. The molecule has 166 valence electrons. The van der Waals surface area contributed by atoms with Gasteiger partial charge < -0.3 is 15.5 Å². The summed E-state index contributed by atoms with van der Waals surface area (Å²) in [6, 6.07) is 7.61. The second-order valence-electron chi connectivity index (χ2n) is 6.65. The lowest BCUT2D eigenvalue weighted by Gasteiger charge is -2.17. The molecular weight excluding hydrogens is 505 g/mol. The van der Waals surface area contributed by atoms with Gasteiger partial charge in [-0.3, -0.25) is 9.79 Å². The molecule has 0 aromatic heterocycles. The smallest absolute Gasteiger partial charge is 0.253 e.